The number of nitrogens with zero attached hydrogens (tertiary/aromatic N) is 2. The molecule has 0 radical (unpaired) electrons. The molecule has 0 unspecified atom stereocenters. The van der Waals surface area contributed by atoms with Crippen LogP contribution in [0.3, 0.4) is 0 Å². The van der Waals surface area contributed by atoms with Crippen LogP contribution < -0.4 is 9.62 Å². The molecule has 0 aromatic heterocycles. The summed E-state index contributed by atoms with van der Waals surface area (Å²) < 4.78 is 28.4. The van der Waals surface area contributed by atoms with Crippen molar-refractivity contribution in [3.63, 3.8) is 0 Å². The van der Waals surface area contributed by atoms with Gasteiger partial charge in [0.2, 0.25) is 11.8 Å². The standard InChI is InChI=1S/C28H31Cl2N3O4S/c1-20(27(35)31-28(2,3)4)32(18-21-9-8-10-23(30)17-21)26(34)19-33(24-15-13-22(29)14-16-24)38(36,37)25-11-6-5-7-12-25/h5-17,20H,18-19H2,1-4H3,(H,31,35)/t20-/m0/s1. The van der Waals surface area contributed by atoms with Gasteiger partial charge in [0.05, 0.1) is 10.6 Å². The second-order valence-corrected chi connectivity index (χ2v) is 12.6. The summed E-state index contributed by atoms with van der Waals surface area (Å²) >= 11 is 12.2. The lowest BCUT2D eigenvalue weighted by molar-refractivity contribution is -0.140. The van der Waals surface area contributed by atoms with Crippen molar-refractivity contribution in [3.8, 4) is 0 Å². The summed E-state index contributed by atoms with van der Waals surface area (Å²) in [6.45, 7) is 6.66. The molecule has 7 nitrogen and oxygen atoms in total. The van der Waals surface area contributed by atoms with Gasteiger partial charge >= 0.3 is 0 Å². The first-order valence-corrected chi connectivity index (χ1v) is 14.2. The smallest absolute Gasteiger partial charge is 0.264 e. The van der Waals surface area contributed by atoms with Crippen molar-refractivity contribution in [3.05, 3.63) is 94.5 Å². The molecule has 0 saturated carbocycles. The maximum Gasteiger partial charge on any atom is 0.264 e. The third kappa shape index (κ3) is 7.72. The van der Waals surface area contributed by atoms with Crippen molar-refractivity contribution in [2.75, 3.05) is 10.8 Å². The minimum Gasteiger partial charge on any atom is -0.350 e. The minimum absolute atomic E-state index is 0.0302. The lowest BCUT2D eigenvalue weighted by atomic mass is 10.1. The highest BCUT2D eigenvalue weighted by Gasteiger charge is 2.33. The highest BCUT2D eigenvalue weighted by molar-refractivity contribution is 7.92. The molecule has 0 spiro atoms. The van der Waals surface area contributed by atoms with Crippen LogP contribution in [0.15, 0.2) is 83.8 Å². The topological polar surface area (TPSA) is 86.8 Å². The zero-order chi connectivity index (χ0) is 28.1. The van der Waals surface area contributed by atoms with E-state index in [2.05, 4.69) is 5.32 Å². The van der Waals surface area contributed by atoms with Gasteiger partial charge in [0.15, 0.2) is 0 Å². The number of hydrogen-bond acceptors (Lipinski definition) is 4. The van der Waals surface area contributed by atoms with Crippen molar-refractivity contribution in [1.82, 2.24) is 10.2 Å². The van der Waals surface area contributed by atoms with E-state index in [-0.39, 0.29) is 23.0 Å². The van der Waals surface area contributed by atoms with Gasteiger partial charge in [-0.25, -0.2) is 8.42 Å². The molecule has 0 saturated heterocycles. The van der Waals surface area contributed by atoms with Crippen LogP contribution in [-0.4, -0.2) is 43.3 Å². The van der Waals surface area contributed by atoms with E-state index >= 15 is 0 Å². The summed E-state index contributed by atoms with van der Waals surface area (Å²) in [5.74, 6) is -0.923. The van der Waals surface area contributed by atoms with Crippen LogP contribution in [0.2, 0.25) is 10.0 Å². The molecule has 38 heavy (non-hydrogen) atoms. The highest BCUT2D eigenvalue weighted by Crippen LogP contribution is 2.26. The van der Waals surface area contributed by atoms with Crippen LogP contribution in [0.25, 0.3) is 0 Å². The molecule has 1 N–H and O–H groups in total. The number of sulfonamides is 1. The van der Waals surface area contributed by atoms with Crippen LogP contribution in [-0.2, 0) is 26.2 Å². The van der Waals surface area contributed by atoms with Crippen LogP contribution in [0.1, 0.15) is 33.3 Å². The predicted octanol–water partition coefficient (Wildman–Crippen LogP) is 5.52. The van der Waals surface area contributed by atoms with Gasteiger partial charge in [-0.3, -0.25) is 13.9 Å². The maximum absolute atomic E-state index is 13.9. The molecule has 0 aliphatic rings. The summed E-state index contributed by atoms with van der Waals surface area (Å²) in [6, 6.07) is 20.1. The van der Waals surface area contributed by atoms with Gasteiger partial charge < -0.3 is 10.2 Å². The predicted molar refractivity (Wildman–Crippen MR) is 152 cm³/mol. The molecule has 3 aromatic rings. The van der Waals surface area contributed by atoms with Crippen LogP contribution >= 0.6 is 23.2 Å². The summed E-state index contributed by atoms with van der Waals surface area (Å²) in [6.07, 6.45) is 0. The van der Waals surface area contributed by atoms with Crippen molar-refractivity contribution in [2.45, 2.75) is 50.7 Å². The average molecular weight is 577 g/mol. The normalized spacial score (nSPS) is 12.5. The molecular formula is C28H31Cl2N3O4S. The monoisotopic (exact) mass is 575 g/mol. The Labute approximate surface area is 234 Å². The number of carbonyl (C=O) groups excluding carboxylic acids is 2. The summed E-state index contributed by atoms with van der Waals surface area (Å²) in [4.78, 5) is 28.3. The first-order valence-electron chi connectivity index (χ1n) is 12.0. The Morgan fingerprint density at radius 2 is 1.53 bits per heavy atom. The summed E-state index contributed by atoms with van der Waals surface area (Å²) in [5.41, 5.74) is 0.439. The van der Waals surface area contributed by atoms with E-state index < -0.39 is 34.1 Å². The Morgan fingerprint density at radius 3 is 2.11 bits per heavy atom. The number of carbonyl (C=O) groups is 2. The fourth-order valence-electron chi connectivity index (χ4n) is 3.74. The van der Waals surface area contributed by atoms with Crippen molar-refractivity contribution >= 4 is 50.7 Å². The van der Waals surface area contributed by atoms with Crippen LogP contribution in [0, 0.1) is 0 Å². The van der Waals surface area contributed by atoms with E-state index in [0.29, 0.717) is 15.6 Å². The SMILES string of the molecule is C[C@@H](C(=O)NC(C)(C)C)N(Cc1cccc(Cl)c1)C(=O)CN(c1ccc(Cl)cc1)S(=O)(=O)c1ccccc1. The Kier molecular flexibility index (Phi) is 9.46. The van der Waals surface area contributed by atoms with Gasteiger partial charge in [-0.05, 0) is 81.8 Å². The molecule has 0 aliphatic heterocycles. The molecule has 3 rings (SSSR count). The molecule has 202 valence electrons. The highest BCUT2D eigenvalue weighted by atomic mass is 35.5. The van der Waals surface area contributed by atoms with E-state index in [1.165, 1.54) is 29.2 Å². The van der Waals surface area contributed by atoms with E-state index in [1.807, 2.05) is 20.8 Å². The summed E-state index contributed by atoms with van der Waals surface area (Å²) in [7, 11) is -4.13. The fraction of sp³-hybridized carbons (Fsp3) is 0.286. The zero-order valence-corrected chi connectivity index (χ0v) is 24.0. The van der Waals surface area contributed by atoms with E-state index in [0.717, 1.165) is 4.31 Å². The minimum atomic E-state index is -4.13. The quantitative estimate of drug-likeness (QED) is 0.364. The number of rotatable bonds is 9. The first kappa shape index (κ1) is 29.5. The molecule has 10 heteroatoms. The Morgan fingerprint density at radius 1 is 0.895 bits per heavy atom. The number of amides is 2. The third-order valence-corrected chi connectivity index (χ3v) is 7.91. The van der Waals surface area contributed by atoms with Gasteiger partial charge in [-0.1, -0.05) is 53.5 Å². The Balaban J connectivity index is 2.02. The number of nitrogens with one attached hydrogen (secondary N) is 1. The lowest BCUT2D eigenvalue weighted by Crippen LogP contribution is -2.54. The molecule has 0 fully saturated rings. The largest absolute Gasteiger partial charge is 0.350 e. The van der Waals surface area contributed by atoms with Gasteiger partial charge in [0, 0.05) is 22.1 Å². The molecule has 1 atom stereocenters. The van der Waals surface area contributed by atoms with Crippen molar-refractivity contribution in [2.24, 2.45) is 0 Å². The zero-order valence-electron chi connectivity index (χ0n) is 21.7. The Hall–Kier alpha value is -3.07. The van der Waals surface area contributed by atoms with Crippen molar-refractivity contribution < 1.29 is 18.0 Å². The van der Waals surface area contributed by atoms with E-state index in [1.54, 1.807) is 61.5 Å². The van der Waals surface area contributed by atoms with Crippen LogP contribution in [0.4, 0.5) is 5.69 Å². The van der Waals surface area contributed by atoms with Crippen LogP contribution in [0.5, 0.6) is 0 Å². The second kappa shape index (κ2) is 12.2. The number of anilines is 1. The number of hydrogen-bond donors (Lipinski definition) is 1. The Bertz CT molecular complexity index is 1380. The molecule has 0 heterocycles. The van der Waals surface area contributed by atoms with Crippen molar-refractivity contribution in [1.29, 1.82) is 0 Å². The summed E-state index contributed by atoms with van der Waals surface area (Å²) in [5, 5.41) is 3.80. The average Bonchev–Trinajstić information content (AvgIpc) is 2.85. The van der Waals surface area contributed by atoms with Gasteiger partial charge in [0.1, 0.15) is 12.6 Å². The van der Waals surface area contributed by atoms with Gasteiger partial charge in [-0.15, -0.1) is 0 Å². The molecule has 0 aliphatic carbocycles. The number of benzene rings is 3. The number of halogens is 2. The molecule has 3 aromatic carbocycles. The van der Waals surface area contributed by atoms with Gasteiger partial charge in [0.25, 0.3) is 10.0 Å². The lowest BCUT2D eigenvalue weighted by Gasteiger charge is -2.33. The molecule has 0 bridgehead atoms. The first-order chi connectivity index (χ1) is 17.8. The van der Waals surface area contributed by atoms with E-state index in [4.69, 9.17) is 23.2 Å². The van der Waals surface area contributed by atoms with Gasteiger partial charge in [-0.2, -0.15) is 0 Å². The molecular weight excluding hydrogens is 545 g/mol. The fourth-order valence-corrected chi connectivity index (χ4v) is 5.52. The second-order valence-electron chi connectivity index (χ2n) is 9.87. The maximum atomic E-state index is 13.9. The molecule has 2 amide bonds. The third-order valence-electron chi connectivity index (χ3n) is 5.63. The van der Waals surface area contributed by atoms with E-state index in [9.17, 15) is 18.0 Å².